The van der Waals surface area contributed by atoms with Crippen LogP contribution in [0.25, 0.3) is 0 Å². The molecule has 1 amide bonds. The molecule has 1 N–H and O–H groups in total. The van der Waals surface area contributed by atoms with Crippen molar-refractivity contribution in [2.45, 2.75) is 19.8 Å². The van der Waals surface area contributed by atoms with Crippen LogP contribution in [0.5, 0.6) is 0 Å². The second-order valence-electron chi connectivity index (χ2n) is 6.07. The predicted molar refractivity (Wildman–Crippen MR) is 94.3 cm³/mol. The topological polar surface area (TPSA) is 45.2 Å². The normalized spacial score (nSPS) is 15.5. The molecule has 1 aliphatic rings. The lowest BCUT2D eigenvalue weighted by atomic mass is 9.99. The van der Waals surface area contributed by atoms with E-state index < -0.39 is 0 Å². The Bertz CT molecular complexity index is 696. The molecule has 2 heterocycles. The Morgan fingerprint density at radius 2 is 2.04 bits per heavy atom. The van der Waals surface area contributed by atoms with Crippen LogP contribution in [0.3, 0.4) is 0 Å². The number of rotatable bonds is 3. The number of hydrogen-bond acceptors (Lipinski definition) is 3. The van der Waals surface area contributed by atoms with E-state index in [1.165, 1.54) is 12.8 Å². The number of piperidine rings is 1. The van der Waals surface area contributed by atoms with Crippen molar-refractivity contribution in [2.75, 3.05) is 23.3 Å². The second kappa shape index (κ2) is 7.01. The SMILES string of the molecule is CC1CCN(c2cncc(C(=O)Nc3cccc(Cl)c3)c2)CC1. The quantitative estimate of drug-likeness (QED) is 0.916. The number of nitrogens with zero attached hydrogens (tertiary/aromatic N) is 2. The average Bonchev–Trinajstić information content (AvgIpc) is 2.56. The molecule has 0 spiro atoms. The molecule has 1 saturated heterocycles. The van der Waals surface area contributed by atoms with E-state index >= 15 is 0 Å². The highest BCUT2D eigenvalue weighted by Gasteiger charge is 2.17. The van der Waals surface area contributed by atoms with Gasteiger partial charge in [0, 0.05) is 30.0 Å². The van der Waals surface area contributed by atoms with Crippen LogP contribution in [0.4, 0.5) is 11.4 Å². The molecule has 0 bridgehead atoms. The van der Waals surface area contributed by atoms with Gasteiger partial charge in [0.25, 0.3) is 5.91 Å². The van der Waals surface area contributed by atoms with Gasteiger partial charge in [0.15, 0.2) is 0 Å². The van der Waals surface area contributed by atoms with Crippen molar-refractivity contribution in [3.8, 4) is 0 Å². The van der Waals surface area contributed by atoms with Crippen LogP contribution < -0.4 is 10.2 Å². The molecule has 1 aliphatic heterocycles. The standard InChI is InChI=1S/C18H20ClN3O/c1-13-5-7-22(8-6-13)17-9-14(11-20-12-17)18(23)21-16-4-2-3-15(19)10-16/h2-4,9-13H,5-8H2,1H3,(H,21,23). The summed E-state index contributed by atoms with van der Waals surface area (Å²) in [4.78, 5) is 18.9. The highest BCUT2D eigenvalue weighted by Crippen LogP contribution is 2.23. The minimum atomic E-state index is -0.174. The van der Waals surface area contributed by atoms with Gasteiger partial charge in [-0.3, -0.25) is 9.78 Å². The van der Waals surface area contributed by atoms with Gasteiger partial charge < -0.3 is 10.2 Å². The summed E-state index contributed by atoms with van der Waals surface area (Å²) in [5, 5.41) is 3.45. The Morgan fingerprint density at radius 3 is 2.78 bits per heavy atom. The fourth-order valence-corrected chi connectivity index (χ4v) is 2.95. The zero-order valence-corrected chi connectivity index (χ0v) is 13.9. The highest BCUT2D eigenvalue weighted by molar-refractivity contribution is 6.30. The average molecular weight is 330 g/mol. The Morgan fingerprint density at radius 1 is 1.26 bits per heavy atom. The largest absolute Gasteiger partial charge is 0.370 e. The molecule has 1 fully saturated rings. The van der Waals surface area contributed by atoms with Crippen LogP contribution in [0.1, 0.15) is 30.1 Å². The third-order valence-electron chi connectivity index (χ3n) is 4.22. The predicted octanol–water partition coefficient (Wildman–Crippen LogP) is 4.22. The maximum absolute atomic E-state index is 12.4. The minimum Gasteiger partial charge on any atom is -0.370 e. The molecule has 1 aromatic heterocycles. The van der Waals surface area contributed by atoms with Crippen LogP contribution in [0.2, 0.25) is 5.02 Å². The Balaban J connectivity index is 1.72. The van der Waals surface area contributed by atoms with Gasteiger partial charge in [-0.05, 0) is 43.0 Å². The first-order valence-corrected chi connectivity index (χ1v) is 8.26. The summed E-state index contributed by atoms with van der Waals surface area (Å²) in [5.41, 5.74) is 2.25. The van der Waals surface area contributed by atoms with Crippen LogP contribution in [0.15, 0.2) is 42.7 Å². The number of carbonyl (C=O) groups excluding carboxylic acids is 1. The molecule has 1 aromatic carbocycles. The molecule has 2 aromatic rings. The highest BCUT2D eigenvalue weighted by atomic mass is 35.5. The fraction of sp³-hybridized carbons (Fsp3) is 0.333. The number of anilines is 2. The van der Waals surface area contributed by atoms with E-state index in [2.05, 4.69) is 22.1 Å². The number of amides is 1. The third kappa shape index (κ3) is 4.02. The van der Waals surface area contributed by atoms with Gasteiger partial charge in [0.05, 0.1) is 17.4 Å². The van der Waals surface area contributed by atoms with Crippen molar-refractivity contribution < 1.29 is 4.79 Å². The van der Waals surface area contributed by atoms with E-state index in [1.807, 2.05) is 24.4 Å². The number of benzene rings is 1. The summed E-state index contributed by atoms with van der Waals surface area (Å²) in [6, 6.07) is 9.02. The van der Waals surface area contributed by atoms with Gasteiger partial charge in [-0.1, -0.05) is 24.6 Å². The molecular formula is C18H20ClN3O. The van der Waals surface area contributed by atoms with Crippen LogP contribution in [0, 0.1) is 5.92 Å². The zero-order valence-electron chi connectivity index (χ0n) is 13.1. The van der Waals surface area contributed by atoms with Crippen molar-refractivity contribution in [2.24, 2.45) is 5.92 Å². The van der Waals surface area contributed by atoms with Crippen LogP contribution >= 0.6 is 11.6 Å². The molecule has 0 unspecified atom stereocenters. The van der Waals surface area contributed by atoms with Gasteiger partial charge in [-0.15, -0.1) is 0 Å². The number of carbonyl (C=O) groups is 1. The maximum Gasteiger partial charge on any atom is 0.257 e. The number of pyridine rings is 1. The first-order valence-electron chi connectivity index (χ1n) is 7.89. The first kappa shape index (κ1) is 15.8. The van der Waals surface area contributed by atoms with E-state index in [4.69, 9.17) is 11.6 Å². The van der Waals surface area contributed by atoms with Gasteiger partial charge in [-0.2, -0.15) is 0 Å². The van der Waals surface area contributed by atoms with Crippen molar-refractivity contribution in [3.63, 3.8) is 0 Å². The summed E-state index contributed by atoms with van der Waals surface area (Å²) in [6.07, 6.45) is 5.78. The molecule has 4 nitrogen and oxygen atoms in total. The fourth-order valence-electron chi connectivity index (χ4n) is 2.76. The summed E-state index contributed by atoms with van der Waals surface area (Å²) in [7, 11) is 0. The molecule has 0 saturated carbocycles. The third-order valence-corrected chi connectivity index (χ3v) is 4.45. The number of aromatic nitrogens is 1. The molecule has 0 aliphatic carbocycles. The first-order chi connectivity index (χ1) is 11.1. The van der Waals surface area contributed by atoms with Crippen LogP contribution in [-0.4, -0.2) is 24.0 Å². The van der Waals surface area contributed by atoms with E-state index in [0.29, 0.717) is 16.3 Å². The molecule has 3 rings (SSSR count). The van der Waals surface area contributed by atoms with Gasteiger partial charge in [0.1, 0.15) is 0 Å². The second-order valence-corrected chi connectivity index (χ2v) is 6.50. The van der Waals surface area contributed by atoms with Gasteiger partial charge >= 0.3 is 0 Å². The molecule has 120 valence electrons. The Labute approximate surface area is 141 Å². The molecule has 0 radical (unpaired) electrons. The Kier molecular flexibility index (Phi) is 4.82. The summed E-state index contributed by atoms with van der Waals surface area (Å²) in [6.45, 7) is 4.31. The van der Waals surface area contributed by atoms with E-state index in [-0.39, 0.29) is 5.91 Å². The smallest absolute Gasteiger partial charge is 0.257 e. The van der Waals surface area contributed by atoms with E-state index in [9.17, 15) is 4.79 Å². The van der Waals surface area contributed by atoms with Crippen molar-refractivity contribution in [1.29, 1.82) is 0 Å². The zero-order chi connectivity index (χ0) is 16.2. The van der Waals surface area contributed by atoms with Crippen molar-refractivity contribution >= 4 is 28.9 Å². The monoisotopic (exact) mass is 329 g/mol. The lowest BCUT2D eigenvalue weighted by Crippen LogP contribution is -2.33. The summed E-state index contributed by atoms with van der Waals surface area (Å²) in [5.74, 6) is 0.598. The number of halogens is 1. The Hall–Kier alpha value is -2.07. The maximum atomic E-state index is 12.4. The van der Waals surface area contributed by atoms with E-state index in [1.54, 1.807) is 18.3 Å². The molecule has 0 atom stereocenters. The molecule has 23 heavy (non-hydrogen) atoms. The van der Waals surface area contributed by atoms with Crippen molar-refractivity contribution in [1.82, 2.24) is 4.98 Å². The lowest BCUT2D eigenvalue weighted by molar-refractivity contribution is 0.102. The minimum absolute atomic E-state index is 0.174. The van der Waals surface area contributed by atoms with E-state index in [0.717, 1.165) is 24.7 Å². The number of hydrogen-bond donors (Lipinski definition) is 1. The van der Waals surface area contributed by atoms with Gasteiger partial charge in [-0.25, -0.2) is 0 Å². The van der Waals surface area contributed by atoms with Gasteiger partial charge in [0.2, 0.25) is 0 Å². The summed E-state index contributed by atoms with van der Waals surface area (Å²) < 4.78 is 0. The van der Waals surface area contributed by atoms with Crippen LogP contribution in [-0.2, 0) is 0 Å². The molecular weight excluding hydrogens is 310 g/mol. The summed E-state index contributed by atoms with van der Waals surface area (Å²) >= 11 is 5.94. The molecule has 5 heteroatoms. The van der Waals surface area contributed by atoms with Crippen molar-refractivity contribution in [3.05, 3.63) is 53.3 Å². The lowest BCUT2D eigenvalue weighted by Gasteiger charge is -2.32. The number of nitrogens with one attached hydrogen (secondary N) is 1.